The lowest BCUT2D eigenvalue weighted by molar-refractivity contribution is -0.117. The smallest absolute Gasteiger partial charge is 0.230 e. The van der Waals surface area contributed by atoms with Crippen LogP contribution in [0.2, 0.25) is 5.02 Å². The summed E-state index contributed by atoms with van der Waals surface area (Å²) in [7, 11) is 0. The van der Waals surface area contributed by atoms with E-state index in [1.54, 1.807) is 6.92 Å². The molecule has 1 aromatic carbocycles. The number of carbonyl (C=O) groups excluding carboxylic acids is 1. The highest BCUT2D eigenvalue weighted by Gasteiger charge is 2.13. The summed E-state index contributed by atoms with van der Waals surface area (Å²) in [5, 5.41) is 0.397. The van der Waals surface area contributed by atoms with Gasteiger partial charge in [0.1, 0.15) is 0 Å². The summed E-state index contributed by atoms with van der Waals surface area (Å²) in [6, 6.07) is 5.56. The number of hydrogen-bond acceptors (Lipinski definition) is 4. The maximum absolute atomic E-state index is 10.9. The number of rotatable bonds is 3. The van der Waals surface area contributed by atoms with E-state index in [4.69, 9.17) is 17.3 Å². The average Bonchev–Trinajstić information content (AvgIpc) is 2.58. The zero-order chi connectivity index (χ0) is 11.7. The van der Waals surface area contributed by atoms with Crippen LogP contribution in [0.3, 0.4) is 0 Å². The Morgan fingerprint density at radius 3 is 3.06 bits per heavy atom. The van der Waals surface area contributed by atoms with Gasteiger partial charge in [0.05, 0.1) is 15.5 Å². The summed E-state index contributed by atoms with van der Waals surface area (Å²) < 4.78 is 1.90. The fourth-order valence-corrected chi connectivity index (χ4v) is 3.45. The van der Waals surface area contributed by atoms with Gasteiger partial charge >= 0.3 is 0 Å². The lowest BCUT2D eigenvalue weighted by atomic mass is 10.3. The minimum Gasteiger partial charge on any atom is -0.369 e. The van der Waals surface area contributed by atoms with Crippen LogP contribution in [0.4, 0.5) is 0 Å². The number of benzene rings is 1. The van der Waals surface area contributed by atoms with Crippen molar-refractivity contribution in [2.75, 3.05) is 0 Å². The quantitative estimate of drug-likeness (QED) is 0.874. The number of thioether (sulfide) groups is 1. The Morgan fingerprint density at radius 1 is 1.62 bits per heavy atom. The summed E-state index contributed by atoms with van der Waals surface area (Å²) >= 11 is 8.78. The van der Waals surface area contributed by atoms with E-state index >= 15 is 0 Å². The maximum atomic E-state index is 10.9. The highest BCUT2D eigenvalue weighted by Crippen LogP contribution is 2.32. The molecule has 16 heavy (non-hydrogen) atoms. The van der Waals surface area contributed by atoms with E-state index in [0.717, 1.165) is 14.6 Å². The normalized spacial score (nSPS) is 12.9. The average molecular weight is 273 g/mol. The van der Waals surface area contributed by atoms with Crippen LogP contribution in [-0.4, -0.2) is 16.1 Å². The molecule has 1 aromatic heterocycles. The molecule has 6 heteroatoms. The van der Waals surface area contributed by atoms with Crippen LogP contribution in [-0.2, 0) is 4.79 Å². The van der Waals surface area contributed by atoms with Gasteiger partial charge in [-0.2, -0.15) is 0 Å². The second-order valence-corrected chi connectivity index (χ2v) is 6.31. The van der Waals surface area contributed by atoms with E-state index in [0.29, 0.717) is 5.02 Å². The van der Waals surface area contributed by atoms with Crippen LogP contribution in [0.5, 0.6) is 0 Å². The van der Waals surface area contributed by atoms with Crippen molar-refractivity contribution >= 4 is 50.8 Å². The van der Waals surface area contributed by atoms with E-state index < -0.39 is 0 Å². The van der Waals surface area contributed by atoms with Crippen molar-refractivity contribution in [3.05, 3.63) is 23.2 Å². The van der Waals surface area contributed by atoms with Crippen molar-refractivity contribution < 1.29 is 4.79 Å². The molecule has 0 fully saturated rings. The van der Waals surface area contributed by atoms with E-state index in [1.165, 1.54) is 23.1 Å². The largest absolute Gasteiger partial charge is 0.369 e. The Balaban J connectivity index is 2.29. The number of primary amides is 1. The van der Waals surface area contributed by atoms with Gasteiger partial charge in [0.15, 0.2) is 4.34 Å². The molecular formula is C10H9ClN2OS2. The second-order valence-electron chi connectivity index (χ2n) is 3.25. The number of fused-ring (bicyclic) bond motifs is 1. The van der Waals surface area contributed by atoms with Crippen molar-refractivity contribution in [3.8, 4) is 0 Å². The standard InChI is InChI=1S/C10H9ClN2OS2/c1-5(9(12)14)15-10-13-7-4-6(11)2-3-8(7)16-10/h2-5H,1H3,(H2,12,14)/t5-/m1/s1. The summed E-state index contributed by atoms with van der Waals surface area (Å²) in [6.07, 6.45) is 0. The minimum atomic E-state index is -0.331. The van der Waals surface area contributed by atoms with Gasteiger partial charge in [0.2, 0.25) is 5.91 Å². The molecule has 0 radical (unpaired) electrons. The summed E-state index contributed by atoms with van der Waals surface area (Å²) in [4.78, 5) is 15.3. The number of amides is 1. The zero-order valence-electron chi connectivity index (χ0n) is 8.44. The molecule has 1 atom stereocenters. The van der Waals surface area contributed by atoms with Gasteiger partial charge in [-0.25, -0.2) is 4.98 Å². The topological polar surface area (TPSA) is 56.0 Å². The van der Waals surface area contributed by atoms with Gasteiger partial charge < -0.3 is 5.73 Å². The molecule has 84 valence electrons. The first-order valence-electron chi connectivity index (χ1n) is 4.58. The summed E-state index contributed by atoms with van der Waals surface area (Å²) in [5.41, 5.74) is 6.06. The van der Waals surface area contributed by atoms with E-state index in [-0.39, 0.29) is 11.2 Å². The van der Waals surface area contributed by atoms with Crippen molar-refractivity contribution in [2.45, 2.75) is 16.5 Å². The van der Waals surface area contributed by atoms with Crippen molar-refractivity contribution in [1.29, 1.82) is 0 Å². The molecular weight excluding hydrogens is 264 g/mol. The SMILES string of the molecule is C[C@@H](Sc1nc2cc(Cl)ccc2s1)C(N)=O. The molecule has 3 nitrogen and oxygen atoms in total. The lowest BCUT2D eigenvalue weighted by Gasteiger charge is -2.01. The van der Waals surface area contributed by atoms with Crippen molar-refractivity contribution in [3.63, 3.8) is 0 Å². The number of aromatic nitrogens is 1. The molecule has 0 spiro atoms. The molecule has 0 aliphatic heterocycles. The first-order valence-corrected chi connectivity index (χ1v) is 6.66. The van der Waals surface area contributed by atoms with E-state index in [2.05, 4.69) is 4.98 Å². The highest BCUT2D eigenvalue weighted by atomic mass is 35.5. The third-order valence-electron chi connectivity index (χ3n) is 2.01. The number of nitrogens with zero attached hydrogens (tertiary/aromatic N) is 1. The number of carbonyl (C=O) groups is 1. The van der Waals surface area contributed by atoms with Crippen molar-refractivity contribution in [1.82, 2.24) is 4.98 Å². The predicted molar refractivity (Wildman–Crippen MR) is 69.1 cm³/mol. The monoisotopic (exact) mass is 272 g/mol. The lowest BCUT2D eigenvalue weighted by Crippen LogP contribution is -2.22. The third kappa shape index (κ3) is 2.48. The molecule has 0 saturated heterocycles. The molecule has 0 aliphatic rings. The van der Waals surface area contributed by atoms with Crippen LogP contribution in [0, 0.1) is 0 Å². The molecule has 2 aromatic rings. The van der Waals surface area contributed by atoms with E-state index in [1.807, 2.05) is 18.2 Å². The van der Waals surface area contributed by atoms with Crippen molar-refractivity contribution in [2.24, 2.45) is 5.73 Å². The Labute approximate surface area is 106 Å². The third-order valence-corrected chi connectivity index (χ3v) is 4.49. The second kappa shape index (κ2) is 4.61. The summed E-state index contributed by atoms with van der Waals surface area (Å²) in [6.45, 7) is 1.77. The molecule has 0 saturated carbocycles. The molecule has 2 N–H and O–H groups in total. The fourth-order valence-electron chi connectivity index (χ4n) is 1.14. The van der Waals surface area contributed by atoms with Crippen LogP contribution in [0.15, 0.2) is 22.5 Å². The van der Waals surface area contributed by atoms with Gasteiger partial charge in [-0.3, -0.25) is 4.79 Å². The molecule has 0 bridgehead atoms. The molecule has 0 aliphatic carbocycles. The van der Waals surface area contributed by atoms with Crippen LogP contribution in [0.25, 0.3) is 10.2 Å². The number of nitrogens with two attached hydrogens (primary N) is 1. The zero-order valence-corrected chi connectivity index (χ0v) is 10.8. The van der Waals surface area contributed by atoms with Crippen LogP contribution < -0.4 is 5.73 Å². The fraction of sp³-hybridized carbons (Fsp3) is 0.200. The van der Waals surface area contributed by atoms with Crippen LogP contribution in [0.1, 0.15) is 6.92 Å². The van der Waals surface area contributed by atoms with E-state index in [9.17, 15) is 4.79 Å². The minimum absolute atomic E-state index is 0.268. The molecule has 1 heterocycles. The Morgan fingerprint density at radius 2 is 2.38 bits per heavy atom. The molecule has 0 unspecified atom stereocenters. The molecule has 2 rings (SSSR count). The highest BCUT2D eigenvalue weighted by molar-refractivity contribution is 8.02. The Bertz CT molecular complexity index is 541. The molecule has 1 amide bonds. The van der Waals surface area contributed by atoms with Gasteiger partial charge in [0, 0.05) is 5.02 Å². The summed E-state index contributed by atoms with van der Waals surface area (Å²) in [5.74, 6) is -0.331. The number of halogens is 1. The van der Waals surface area contributed by atoms with Gasteiger partial charge in [0.25, 0.3) is 0 Å². The van der Waals surface area contributed by atoms with Gasteiger partial charge in [-0.1, -0.05) is 23.4 Å². The van der Waals surface area contributed by atoms with Gasteiger partial charge in [-0.15, -0.1) is 11.3 Å². The predicted octanol–water partition coefficient (Wildman–Crippen LogP) is 2.92. The number of hydrogen-bond donors (Lipinski definition) is 1. The Hall–Kier alpha value is -0.780. The first-order chi connectivity index (χ1) is 7.56. The Kier molecular flexibility index (Phi) is 3.37. The first kappa shape index (κ1) is 11.7. The number of thiazole rings is 1. The maximum Gasteiger partial charge on any atom is 0.230 e. The van der Waals surface area contributed by atoms with Gasteiger partial charge in [-0.05, 0) is 25.1 Å². The van der Waals surface area contributed by atoms with Crippen LogP contribution >= 0.6 is 34.7 Å².